The summed E-state index contributed by atoms with van der Waals surface area (Å²) in [6.07, 6.45) is 0. The van der Waals surface area contributed by atoms with Crippen LogP contribution in [-0.2, 0) is 0 Å². The Labute approximate surface area is 316 Å². The van der Waals surface area contributed by atoms with Crippen LogP contribution >= 0.6 is 0 Å². The minimum atomic E-state index is 0.0410. The van der Waals surface area contributed by atoms with Crippen LogP contribution in [0, 0.1) is 11.3 Å². The first kappa shape index (κ1) is 34.6. The summed E-state index contributed by atoms with van der Waals surface area (Å²) in [5.41, 5.74) is 19.2. The minimum absolute atomic E-state index is 0.0410. The van der Waals surface area contributed by atoms with E-state index in [0.717, 1.165) is 22.5 Å². The van der Waals surface area contributed by atoms with Crippen molar-refractivity contribution in [3.05, 3.63) is 149 Å². The number of fused-ring (bicyclic) bond motifs is 4. The molecule has 2 aliphatic heterocycles. The summed E-state index contributed by atoms with van der Waals surface area (Å²) in [5, 5.41) is 9.92. The van der Waals surface area contributed by atoms with E-state index in [0.29, 0.717) is 29.2 Å². The van der Waals surface area contributed by atoms with Gasteiger partial charge in [-0.3, -0.25) is 0 Å². The van der Waals surface area contributed by atoms with E-state index >= 15 is 0 Å². The molecule has 262 valence electrons. The third kappa shape index (κ3) is 5.93. The molecule has 0 bridgehead atoms. The molecule has 0 saturated heterocycles. The Morgan fingerprint density at radius 2 is 0.887 bits per heavy atom. The van der Waals surface area contributed by atoms with Gasteiger partial charge in [0, 0.05) is 34.1 Å². The zero-order valence-electron chi connectivity index (χ0n) is 32.3. The molecular weight excluding hydrogens is 641 g/mol. The van der Waals surface area contributed by atoms with Gasteiger partial charge in [0.1, 0.15) is 0 Å². The second-order valence-corrected chi connectivity index (χ2v) is 16.2. The molecule has 0 aromatic heterocycles. The highest BCUT2D eigenvalue weighted by molar-refractivity contribution is 7.00. The quantitative estimate of drug-likeness (QED) is 0.156. The highest BCUT2D eigenvalue weighted by Crippen LogP contribution is 2.46. The van der Waals surface area contributed by atoms with Gasteiger partial charge in [0.05, 0.1) is 11.6 Å². The zero-order valence-corrected chi connectivity index (χ0v) is 32.3. The van der Waals surface area contributed by atoms with Crippen LogP contribution in [0.1, 0.15) is 107 Å². The van der Waals surface area contributed by atoms with Crippen LogP contribution in [0.5, 0.6) is 0 Å². The fourth-order valence-electron chi connectivity index (χ4n) is 8.27. The number of rotatable bonds is 7. The largest absolute Gasteiger partial charge is 0.311 e. The summed E-state index contributed by atoms with van der Waals surface area (Å²) < 4.78 is 0. The van der Waals surface area contributed by atoms with Crippen LogP contribution in [0.4, 0.5) is 34.1 Å². The predicted molar refractivity (Wildman–Crippen MR) is 227 cm³/mol. The molecule has 8 rings (SSSR count). The highest BCUT2D eigenvalue weighted by atomic mass is 15.2. The monoisotopic (exact) mass is 689 g/mol. The second kappa shape index (κ2) is 13.5. The van der Waals surface area contributed by atoms with Gasteiger partial charge in [0.2, 0.25) is 0 Å². The van der Waals surface area contributed by atoms with Gasteiger partial charge in [-0.15, -0.1) is 0 Å². The first-order chi connectivity index (χ1) is 25.5. The van der Waals surface area contributed by atoms with Crippen molar-refractivity contribution in [2.45, 2.75) is 79.1 Å². The SMILES string of the molecule is CC(C)c1ccc(N2c3ccc(C(C)C)cc3B3c4cc(C(C)C)ccc4N(c4ccc(C(C)C)cc4)c4cc(-c5cccc(C#N)c5)cc2c43)cc1. The molecule has 6 aromatic rings. The summed E-state index contributed by atoms with van der Waals surface area (Å²) >= 11 is 0. The number of anilines is 6. The summed E-state index contributed by atoms with van der Waals surface area (Å²) in [6, 6.07) is 47.8. The van der Waals surface area contributed by atoms with Gasteiger partial charge in [-0.1, -0.05) is 116 Å². The first-order valence-corrected chi connectivity index (χ1v) is 19.3. The lowest BCUT2D eigenvalue weighted by Crippen LogP contribution is -2.61. The van der Waals surface area contributed by atoms with Crippen molar-refractivity contribution in [1.82, 2.24) is 0 Å². The molecule has 0 fully saturated rings. The number of nitrogens with zero attached hydrogens (tertiary/aromatic N) is 3. The predicted octanol–water partition coefficient (Wildman–Crippen LogP) is 11.8. The van der Waals surface area contributed by atoms with Crippen molar-refractivity contribution in [2.75, 3.05) is 9.80 Å². The fourth-order valence-corrected chi connectivity index (χ4v) is 8.27. The lowest BCUT2D eigenvalue weighted by atomic mass is 9.33. The normalized spacial score (nSPS) is 13.1. The molecule has 4 heteroatoms. The van der Waals surface area contributed by atoms with Gasteiger partial charge in [0.15, 0.2) is 0 Å². The Hall–Kier alpha value is -5.53. The maximum Gasteiger partial charge on any atom is 0.252 e. The summed E-state index contributed by atoms with van der Waals surface area (Å²) in [5.74, 6) is 1.69. The van der Waals surface area contributed by atoms with Crippen LogP contribution in [0.2, 0.25) is 0 Å². The van der Waals surface area contributed by atoms with Crippen LogP contribution < -0.4 is 26.2 Å². The average Bonchev–Trinajstić information content (AvgIpc) is 3.17. The van der Waals surface area contributed by atoms with Crippen molar-refractivity contribution < 1.29 is 0 Å². The van der Waals surface area contributed by atoms with Crippen molar-refractivity contribution in [1.29, 1.82) is 5.26 Å². The van der Waals surface area contributed by atoms with Crippen LogP contribution in [0.15, 0.2) is 121 Å². The van der Waals surface area contributed by atoms with Crippen molar-refractivity contribution in [3.8, 4) is 17.2 Å². The van der Waals surface area contributed by atoms with E-state index in [2.05, 4.69) is 174 Å². The molecule has 2 aliphatic rings. The fraction of sp³-hybridized carbons (Fsp3) is 0.245. The molecule has 0 spiro atoms. The van der Waals surface area contributed by atoms with Crippen LogP contribution in [0.3, 0.4) is 0 Å². The summed E-state index contributed by atoms with van der Waals surface area (Å²) in [7, 11) is 0. The first-order valence-electron chi connectivity index (χ1n) is 19.3. The molecule has 0 aliphatic carbocycles. The molecule has 3 nitrogen and oxygen atoms in total. The summed E-state index contributed by atoms with van der Waals surface area (Å²) in [6.45, 7) is 18.2. The Bertz CT molecular complexity index is 2240. The Kier molecular flexibility index (Phi) is 8.78. The van der Waals surface area contributed by atoms with Gasteiger partial charge in [0.25, 0.3) is 6.71 Å². The standard InChI is InChI=1S/C49H48BN3/c1-30(2)35-12-18-41(19-13-35)52-45-22-16-37(32(5)6)25-43(45)50-44-26-38(33(7)8)17-23-46(44)53(42-20-14-36(15-21-42)31(3)4)48-28-40(27-47(52)49(48)50)39-11-9-10-34(24-39)29-51/h9-28,30-33H,1-8H3. The highest BCUT2D eigenvalue weighted by Gasteiger charge is 2.44. The van der Waals surface area contributed by atoms with Gasteiger partial charge < -0.3 is 9.80 Å². The average molecular weight is 690 g/mol. The van der Waals surface area contributed by atoms with E-state index < -0.39 is 0 Å². The molecule has 0 saturated carbocycles. The topological polar surface area (TPSA) is 30.3 Å². The lowest BCUT2D eigenvalue weighted by molar-refractivity contribution is 0.866. The van der Waals surface area contributed by atoms with E-state index in [-0.39, 0.29) is 6.71 Å². The van der Waals surface area contributed by atoms with Crippen molar-refractivity contribution in [3.63, 3.8) is 0 Å². The van der Waals surface area contributed by atoms with Gasteiger partial charge in [-0.2, -0.15) is 5.26 Å². The van der Waals surface area contributed by atoms with E-state index in [4.69, 9.17) is 0 Å². The summed E-state index contributed by atoms with van der Waals surface area (Å²) in [4.78, 5) is 4.99. The second-order valence-electron chi connectivity index (χ2n) is 16.2. The molecule has 0 amide bonds. The van der Waals surface area contributed by atoms with Crippen LogP contribution in [0.25, 0.3) is 11.1 Å². The van der Waals surface area contributed by atoms with Gasteiger partial charge in [-0.05, 0) is 134 Å². The van der Waals surface area contributed by atoms with E-state index in [1.54, 1.807) is 0 Å². The molecule has 2 heterocycles. The van der Waals surface area contributed by atoms with Crippen molar-refractivity contribution >= 4 is 57.2 Å². The molecule has 0 unspecified atom stereocenters. The third-order valence-electron chi connectivity index (χ3n) is 11.4. The molecule has 6 aromatic carbocycles. The maximum absolute atomic E-state index is 9.92. The molecule has 0 atom stereocenters. The van der Waals surface area contributed by atoms with E-state index in [9.17, 15) is 5.26 Å². The Morgan fingerprint density at radius 1 is 0.453 bits per heavy atom. The molecular formula is C49H48BN3. The number of benzene rings is 6. The minimum Gasteiger partial charge on any atom is -0.311 e. The van der Waals surface area contributed by atoms with Gasteiger partial charge in [-0.25, -0.2) is 0 Å². The van der Waals surface area contributed by atoms with E-state index in [1.165, 1.54) is 61.4 Å². The van der Waals surface area contributed by atoms with Gasteiger partial charge >= 0.3 is 0 Å². The Morgan fingerprint density at radius 3 is 1.30 bits per heavy atom. The molecule has 0 N–H and O–H groups in total. The number of hydrogen-bond donors (Lipinski definition) is 0. The molecule has 53 heavy (non-hydrogen) atoms. The third-order valence-corrected chi connectivity index (χ3v) is 11.4. The van der Waals surface area contributed by atoms with Crippen LogP contribution in [-0.4, -0.2) is 6.71 Å². The number of nitriles is 1. The van der Waals surface area contributed by atoms with Crippen molar-refractivity contribution in [2.24, 2.45) is 0 Å². The zero-order chi connectivity index (χ0) is 37.1. The van der Waals surface area contributed by atoms with E-state index in [1.807, 2.05) is 18.2 Å². The smallest absolute Gasteiger partial charge is 0.252 e. The Balaban J connectivity index is 1.50. The maximum atomic E-state index is 9.92. The molecule has 0 radical (unpaired) electrons. The lowest BCUT2D eigenvalue weighted by Gasteiger charge is -2.45. The number of hydrogen-bond acceptors (Lipinski definition) is 3.